The summed E-state index contributed by atoms with van der Waals surface area (Å²) in [5.41, 5.74) is 2.51. The largest absolute Gasteiger partial charge is 0.412 e. The van der Waals surface area contributed by atoms with E-state index in [1.54, 1.807) is 0 Å². The van der Waals surface area contributed by atoms with Gasteiger partial charge in [-0.05, 0) is 11.1 Å². The van der Waals surface area contributed by atoms with Crippen LogP contribution in [0.3, 0.4) is 0 Å². The molecule has 2 heterocycles. The van der Waals surface area contributed by atoms with Crippen molar-refractivity contribution in [3.8, 4) is 11.1 Å². The van der Waals surface area contributed by atoms with Gasteiger partial charge in [0.25, 0.3) is 0 Å². The molecule has 2 aromatic rings. The monoisotopic (exact) mass is 330 g/mol. The predicted molar refractivity (Wildman–Crippen MR) is 83.2 cm³/mol. The predicted octanol–water partition coefficient (Wildman–Crippen LogP) is -1.45. The van der Waals surface area contributed by atoms with E-state index in [0.717, 1.165) is 0 Å². The lowest BCUT2D eigenvalue weighted by atomic mass is 10.1. The topological polar surface area (TPSA) is 134 Å². The van der Waals surface area contributed by atoms with E-state index in [-0.39, 0.29) is 46.7 Å². The molecule has 0 bridgehead atoms. The number of aromatic nitrogens is 2. The first-order chi connectivity index (χ1) is 6.75. The van der Waals surface area contributed by atoms with Crippen LogP contribution >= 0.6 is 24.8 Å². The molecule has 118 valence electrons. The van der Waals surface area contributed by atoms with E-state index < -0.39 is 0 Å². The molecule has 0 atom stereocenters. The molecule has 0 spiro atoms. The number of rotatable bonds is 1. The maximum atomic E-state index is 2.12. The second kappa shape index (κ2) is 14.1. The van der Waals surface area contributed by atoms with E-state index in [1.165, 1.54) is 11.1 Å². The lowest BCUT2D eigenvalue weighted by Gasteiger charge is -1.97. The van der Waals surface area contributed by atoms with E-state index in [1.807, 2.05) is 23.2 Å². The summed E-state index contributed by atoms with van der Waals surface area (Å²) < 4.78 is 4.07. The molecule has 0 aromatic carbocycles. The molecule has 2 aromatic heterocycles. The summed E-state index contributed by atoms with van der Waals surface area (Å²) in [4.78, 5) is 0. The fourth-order valence-corrected chi connectivity index (χ4v) is 1.39. The van der Waals surface area contributed by atoms with Gasteiger partial charge < -0.3 is 21.9 Å². The second-order valence-electron chi connectivity index (χ2n) is 3.50. The van der Waals surface area contributed by atoms with Crippen LogP contribution < -0.4 is 9.13 Å². The molecule has 0 saturated heterocycles. The third-order valence-electron chi connectivity index (χ3n) is 2.29. The Morgan fingerprint density at radius 2 is 0.750 bits per heavy atom. The van der Waals surface area contributed by atoms with Crippen molar-refractivity contribution in [3.05, 3.63) is 49.1 Å². The number of halogens is 2. The lowest BCUT2D eigenvalue weighted by Crippen LogP contribution is -2.26. The number of nitrogens with zero attached hydrogens (tertiary/aromatic N) is 2. The zero-order valence-electron chi connectivity index (χ0n) is 11.3. The number of pyridine rings is 2. The van der Waals surface area contributed by atoms with Crippen molar-refractivity contribution in [2.75, 3.05) is 0 Å². The highest BCUT2D eigenvalue weighted by Crippen LogP contribution is 2.14. The van der Waals surface area contributed by atoms with Crippen LogP contribution in [0.5, 0.6) is 0 Å². The Hall–Kier alpha value is -1.28. The number of hydrogen-bond donors (Lipinski definition) is 0. The highest BCUT2D eigenvalue weighted by molar-refractivity contribution is 5.85. The molecule has 6 nitrogen and oxygen atoms in total. The first-order valence-electron chi connectivity index (χ1n) is 4.67. The van der Waals surface area contributed by atoms with Gasteiger partial charge >= 0.3 is 0 Å². The third-order valence-corrected chi connectivity index (χ3v) is 2.29. The van der Waals surface area contributed by atoms with Crippen molar-refractivity contribution in [3.63, 3.8) is 0 Å². The van der Waals surface area contributed by atoms with Crippen molar-refractivity contribution < 1.29 is 31.0 Å². The standard InChI is InChI=1S/C12H14N2.2ClH.4H2O/c1-13-7-3-11(4-8-13)12-5-9-14(2)10-6-12;;;;;;/h3-10H,1-2H3;2*1H;4*1H2/q+2;;;;;;. The Labute approximate surface area is 130 Å². The highest BCUT2D eigenvalue weighted by Gasteiger charge is 2.00. The van der Waals surface area contributed by atoms with Crippen molar-refractivity contribution in [2.24, 2.45) is 14.1 Å². The normalized spacial score (nSPS) is 7.10. The van der Waals surface area contributed by atoms with Gasteiger partial charge in [-0.3, -0.25) is 0 Å². The molecule has 0 saturated carbocycles. The summed E-state index contributed by atoms with van der Waals surface area (Å²) in [5, 5.41) is 0. The van der Waals surface area contributed by atoms with E-state index in [2.05, 4.69) is 49.1 Å². The number of hydrogen-bond acceptors (Lipinski definition) is 0. The van der Waals surface area contributed by atoms with E-state index in [0.29, 0.717) is 0 Å². The van der Waals surface area contributed by atoms with Crippen LogP contribution in [0.1, 0.15) is 0 Å². The molecule has 0 aliphatic rings. The molecule has 0 unspecified atom stereocenters. The van der Waals surface area contributed by atoms with Gasteiger partial charge in [0.2, 0.25) is 0 Å². The van der Waals surface area contributed by atoms with Crippen molar-refractivity contribution in [1.82, 2.24) is 0 Å². The van der Waals surface area contributed by atoms with Gasteiger partial charge in [-0.2, -0.15) is 0 Å². The zero-order valence-corrected chi connectivity index (χ0v) is 13.0. The summed E-state index contributed by atoms with van der Waals surface area (Å²) in [6, 6.07) is 8.48. The van der Waals surface area contributed by atoms with Crippen LogP contribution in [0.4, 0.5) is 0 Å². The number of aryl methyl sites for hydroxylation is 2. The molecular formula is C12H24Cl2N2O4+2. The van der Waals surface area contributed by atoms with Gasteiger partial charge in [0.1, 0.15) is 14.1 Å². The summed E-state index contributed by atoms with van der Waals surface area (Å²) in [5.74, 6) is 0. The Balaban J connectivity index is -0.000000125. The van der Waals surface area contributed by atoms with Crippen LogP contribution in [0.25, 0.3) is 11.1 Å². The van der Waals surface area contributed by atoms with Crippen LogP contribution in [0.2, 0.25) is 0 Å². The first-order valence-corrected chi connectivity index (χ1v) is 4.67. The fourth-order valence-electron chi connectivity index (χ4n) is 1.39. The molecule has 20 heavy (non-hydrogen) atoms. The minimum atomic E-state index is 0. The van der Waals surface area contributed by atoms with Crippen molar-refractivity contribution in [2.45, 2.75) is 0 Å². The van der Waals surface area contributed by atoms with Crippen molar-refractivity contribution >= 4 is 24.8 Å². The van der Waals surface area contributed by atoms with E-state index in [9.17, 15) is 0 Å². The Bertz CT molecular complexity index is 395. The maximum absolute atomic E-state index is 2.12. The maximum Gasteiger partial charge on any atom is 0.169 e. The molecule has 8 heteroatoms. The zero-order chi connectivity index (χ0) is 9.97. The molecule has 8 N–H and O–H groups in total. The summed E-state index contributed by atoms with van der Waals surface area (Å²) in [6.07, 6.45) is 8.23. The Morgan fingerprint density at radius 1 is 0.550 bits per heavy atom. The molecule has 0 amide bonds. The highest BCUT2D eigenvalue weighted by atomic mass is 35.5. The smallest absolute Gasteiger partial charge is 0.169 e. The van der Waals surface area contributed by atoms with Gasteiger partial charge in [0, 0.05) is 24.3 Å². The quantitative estimate of drug-likeness (QED) is 0.565. The molecule has 0 radical (unpaired) electrons. The summed E-state index contributed by atoms with van der Waals surface area (Å²) in [7, 11) is 4.05. The van der Waals surface area contributed by atoms with E-state index in [4.69, 9.17) is 0 Å². The minimum absolute atomic E-state index is 0. The van der Waals surface area contributed by atoms with Gasteiger partial charge in [-0.1, -0.05) is 0 Å². The molecule has 0 aliphatic heterocycles. The van der Waals surface area contributed by atoms with Crippen LogP contribution in [0.15, 0.2) is 49.1 Å². The summed E-state index contributed by atoms with van der Waals surface area (Å²) in [6.45, 7) is 0. The van der Waals surface area contributed by atoms with Crippen LogP contribution in [-0.4, -0.2) is 21.9 Å². The summed E-state index contributed by atoms with van der Waals surface area (Å²) >= 11 is 0. The van der Waals surface area contributed by atoms with Gasteiger partial charge in [-0.15, -0.1) is 24.8 Å². The first kappa shape index (κ1) is 31.2. The third kappa shape index (κ3) is 8.00. The fraction of sp³-hybridized carbons (Fsp3) is 0.167. The van der Waals surface area contributed by atoms with E-state index >= 15 is 0 Å². The molecule has 2 rings (SSSR count). The molecular weight excluding hydrogens is 307 g/mol. The minimum Gasteiger partial charge on any atom is -0.412 e. The van der Waals surface area contributed by atoms with Crippen LogP contribution in [-0.2, 0) is 14.1 Å². The SMILES string of the molecule is C[n+]1ccc(-c2cc[n+](C)cc2)cc1.Cl.Cl.O.O.O.O. The van der Waals surface area contributed by atoms with Gasteiger partial charge in [0.05, 0.1) is 0 Å². The lowest BCUT2D eigenvalue weighted by molar-refractivity contribution is -0.671. The molecule has 0 aliphatic carbocycles. The van der Waals surface area contributed by atoms with Crippen molar-refractivity contribution in [1.29, 1.82) is 0 Å². The van der Waals surface area contributed by atoms with Gasteiger partial charge in [0.15, 0.2) is 24.8 Å². The van der Waals surface area contributed by atoms with Crippen LogP contribution in [0, 0.1) is 0 Å². The Morgan fingerprint density at radius 3 is 0.950 bits per heavy atom. The second-order valence-corrected chi connectivity index (χ2v) is 3.50. The Kier molecular flexibility index (Phi) is 22.1. The molecule has 0 fully saturated rings. The average molecular weight is 331 g/mol. The van der Waals surface area contributed by atoms with Gasteiger partial charge in [-0.25, -0.2) is 9.13 Å². The average Bonchev–Trinajstić information content (AvgIpc) is 2.21.